The van der Waals surface area contributed by atoms with Gasteiger partial charge in [-0.05, 0) is 6.92 Å². The minimum absolute atomic E-state index is 0.181. The lowest BCUT2D eigenvalue weighted by molar-refractivity contribution is -0.125. The average Bonchev–Trinajstić information content (AvgIpc) is 1.67. The molecule has 0 aromatic rings. The van der Waals surface area contributed by atoms with Gasteiger partial charge in [-0.1, -0.05) is 6.08 Å². The van der Waals surface area contributed by atoms with Gasteiger partial charge in [0.15, 0.2) is 5.78 Å². The van der Waals surface area contributed by atoms with E-state index in [-0.39, 0.29) is 12.2 Å². The monoisotopic (exact) mass is 114 g/mol. The molecule has 8 heavy (non-hydrogen) atoms. The van der Waals surface area contributed by atoms with Crippen LogP contribution in [0.25, 0.3) is 0 Å². The molecule has 0 aromatic carbocycles. The average molecular weight is 114 g/mol. The van der Waals surface area contributed by atoms with Crippen molar-refractivity contribution < 1.29 is 9.90 Å². The number of hydrogen-bond acceptors (Lipinski definition) is 2. The molecule has 0 rings (SSSR count). The highest BCUT2D eigenvalue weighted by Gasteiger charge is 2.04. The van der Waals surface area contributed by atoms with Gasteiger partial charge in [0.05, 0.1) is 0 Å². The van der Waals surface area contributed by atoms with Crippen LogP contribution in [-0.2, 0) is 4.79 Å². The minimum Gasteiger partial charge on any atom is -0.386 e. The quantitative estimate of drug-likeness (QED) is 0.543. The predicted octanol–water partition coefficient (Wildman–Crippen LogP) is 0.512. The molecule has 0 fully saturated rings. The second-order valence-electron chi connectivity index (χ2n) is 1.64. The molecule has 1 N–H and O–H groups in total. The lowest BCUT2D eigenvalue weighted by atomic mass is 10.2. The van der Waals surface area contributed by atoms with E-state index in [0.717, 1.165) is 0 Å². The molecular formula is C6H10O2. The molecule has 0 aliphatic rings. The van der Waals surface area contributed by atoms with Crippen LogP contribution in [0, 0.1) is 0 Å². The third-order valence-electron chi connectivity index (χ3n) is 0.811. The smallest absolute Gasteiger partial charge is 0.164 e. The van der Waals surface area contributed by atoms with Gasteiger partial charge in [0.1, 0.15) is 6.10 Å². The van der Waals surface area contributed by atoms with Crippen molar-refractivity contribution in [1.82, 2.24) is 0 Å². The second kappa shape index (κ2) is 3.38. The highest BCUT2D eigenvalue weighted by Crippen LogP contribution is 1.88. The summed E-state index contributed by atoms with van der Waals surface area (Å²) in [7, 11) is 0. The molecule has 46 valence electrons. The zero-order valence-corrected chi connectivity index (χ0v) is 4.92. The molecule has 0 aliphatic carbocycles. The highest BCUT2D eigenvalue weighted by molar-refractivity contribution is 5.83. The van der Waals surface area contributed by atoms with Crippen molar-refractivity contribution in [3.63, 3.8) is 0 Å². The number of ketones is 1. The molecule has 0 radical (unpaired) electrons. The van der Waals surface area contributed by atoms with Crippen LogP contribution >= 0.6 is 0 Å². The molecule has 0 aliphatic heterocycles. The Morgan fingerprint density at radius 1 is 2.00 bits per heavy atom. The number of hydrogen-bond donors (Lipinski definition) is 1. The fourth-order valence-electron chi connectivity index (χ4n) is 0.313. The largest absolute Gasteiger partial charge is 0.386 e. The third-order valence-corrected chi connectivity index (χ3v) is 0.811. The van der Waals surface area contributed by atoms with E-state index in [1.807, 2.05) is 0 Å². The first-order chi connectivity index (χ1) is 3.68. The second-order valence-corrected chi connectivity index (χ2v) is 1.64. The van der Waals surface area contributed by atoms with Crippen LogP contribution < -0.4 is 0 Å². The number of carbonyl (C=O) groups excluding carboxylic acids is 1. The van der Waals surface area contributed by atoms with Crippen LogP contribution in [-0.4, -0.2) is 17.0 Å². The Kier molecular flexibility index (Phi) is 3.12. The Morgan fingerprint density at radius 2 is 2.50 bits per heavy atom. The number of aliphatic hydroxyl groups excluding tert-OH is 1. The molecule has 0 heterocycles. The standard InChI is InChI=1S/C6H10O2/c1-3-4-6(8)5(2)7/h3,5,7H,1,4H2,2H3/t5-/m0/s1. The molecule has 0 saturated carbocycles. The van der Waals surface area contributed by atoms with E-state index in [1.54, 1.807) is 0 Å². The van der Waals surface area contributed by atoms with Crippen molar-refractivity contribution in [1.29, 1.82) is 0 Å². The van der Waals surface area contributed by atoms with Crippen molar-refractivity contribution in [3.8, 4) is 0 Å². The Labute approximate surface area is 48.8 Å². The Balaban J connectivity index is 3.48. The van der Waals surface area contributed by atoms with E-state index in [1.165, 1.54) is 13.0 Å². The third kappa shape index (κ3) is 2.53. The maximum atomic E-state index is 10.4. The summed E-state index contributed by atoms with van der Waals surface area (Å²) in [6.07, 6.45) is 0.903. The first-order valence-corrected chi connectivity index (χ1v) is 2.50. The number of allylic oxidation sites excluding steroid dienone is 1. The number of carbonyl (C=O) groups is 1. The van der Waals surface area contributed by atoms with Gasteiger partial charge in [0, 0.05) is 6.42 Å². The molecule has 2 heteroatoms. The molecule has 0 amide bonds. The molecule has 0 saturated heterocycles. The molecule has 1 atom stereocenters. The van der Waals surface area contributed by atoms with Gasteiger partial charge < -0.3 is 5.11 Å². The van der Waals surface area contributed by atoms with Crippen LogP contribution in [0.5, 0.6) is 0 Å². The Bertz CT molecular complexity index is 94.7. The zero-order chi connectivity index (χ0) is 6.57. The lowest BCUT2D eigenvalue weighted by Crippen LogP contribution is -2.14. The lowest BCUT2D eigenvalue weighted by Gasteiger charge is -1.96. The molecule has 2 nitrogen and oxygen atoms in total. The maximum Gasteiger partial charge on any atom is 0.164 e. The van der Waals surface area contributed by atoms with Crippen LogP contribution in [0.3, 0.4) is 0 Å². The first kappa shape index (κ1) is 7.37. The fraction of sp³-hybridized carbons (Fsp3) is 0.500. The van der Waals surface area contributed by atoms with Gasteiger partial charge in [0.25, 0.3) is 0 Å². The number of rotatable bonds is 3. The Hall–Kier alpha value is -0.630. The van der Waals surface area contributed by atoms with Crippen molar-refractivity contribution in [2.24, 2.45) is 0 Å². The predicted molar refractivity (Wildman–Crippen MR) is 31.5 cm³/mol. The van der Waals surface area contributed by atoms with Gasteiger partial charge in [-0.25, -0.2) is 0 Å². The summed E-state index contributed by atoms with van der Waals surface area (Å²) in [6.45, 7) is 4.80. The molecule has 0 unspecified atom stereocenters. The number of Topliss-reactive ketones (excluding diaryl/α,β-unsaturated/α-hetero) is 1. The van der Waals surface area contributed by atoms with E-state index in [0.29, 0.717) is 0 Å². The fourth-order valence-corrected chi connectivity index (χ4v) is 0.313. The summed E-state index contributed by atoms with van der Waals surface area (Å²) in [6, 6.07) is 0. The summed E-state index contributed by atoms with van der Waals surface area (Å²) in [5.74, 6) is -0.181. The zero-order valence-electron chi connectivity index (χ0n) is 4.92. The van der Waals surface area contributed by atoms with Gasteiger partial charge in [-0.15, -0.1) is 6.58 Å². The van der Waals surface area contributed by atoms with Crippen molar-refractivity contribution >= 4 is 5.78 Å². The van der Waals surface area contributed by atoms with Crippen LogP contribution in [0.1, 0.15) is 13.3 Å². The summed E-state index contributed by atoms with van der Waals surface area (Å²) in [5.41, 5.74) is 0. The molecule has 0 spiro atoms. The first-order valence-electron chi connectivity index (χ1n) is 2.50. The van der Waals surface area contributed by atoms with E-state index in [4.69, 9.17) is 5.11 Å². The van der Waals surface area contributed by atoms with Crippen LogP contribution in [0.4, 0.5) is 0 Å². The number of aliphatic hydroxyl groups is 1. The van der Waals surface area contributed by atoms with Gasteiger partial charge in [-0.2, -0.15) is 0 Å². The summed E-state index contributed by atoms with van der Waals surface area (Å²) in [5, 5.41) is 8.55. The molecular weight excluding hydrogens is 104 g/mol. The topological polar surface area (TPSA) is 37.3 Å². The summed E-state index contributed by atoms with van der Waals surface area (Å²) < 4.78 is 0. The highest BCUT2D eigenvalue weighted by atomic mass is 16.3. The van der Waals surface area contributed by atoms with Crippen LogP contribution in [0.2, 0.25) is 0 Å². The van der Waals surface area contributed by atoms with E-state index < -0.39 is 6.10 Å². The summed E-state index contributed by atoms with van der Waals surface area (Å²) >= 11 is 0. The van der Waals surface area contributed by atoms with Crippen molar-refractivity contribution in [2.75, 3.05) is 0 Å². The van der Waals surface area contributed by atoms with Gasteiger partial charge >= 0.3 is 0 Å². The molecule has 0 bridgehead atoms. The van der Waals surface area contributed by atoms with E-state index in [2.05, 4.69) is 6.58 Å². The normalized spacial score (nSPS) is 12.8. The Morgan fingerprint density at radius 3 is 2.62 bits per heavy atom. The minimum atomic E-state index is -0.840. The van der Waals surface area contributed by atoms with E-state index >= 15 is 0 Å². The van der Waals surface area contributed by atoms with Gasteiger partial charge in [-0.3, -0.25) is 4.79 Å². The van der Waals surface area contributed by atoms with Crippen molar-refractivity contribution in [2.45, 2.75) is 19.4 Å². The maximum absolute atomic E-state index is 10.4. The van der Waals surface area contributed by atoms with Crippen molar-refractivity contribution in [3.05, 3.63) is 12.7 Å². The van der Waals surface area contributed by atoms with Gasteiger partial charge in [0.2, 0.25) is 0 Å². The SMILES string of the molecule is C=CCC(=O)[C@H](C)O. The summed E-state index contributed by atoms with van der Waals surface area (Å²) in [4.78, 5) is 10.4. The van der Waals surface area contributed by atoms with Crippen LogP contribution in [0.15, 0.2) is 12.7 Å². The molecule has 0 aromatic heterocycles. The van der Waals surface area contributed by atoms with E-state index in [9.17, 15) is 4.79 Å².